The van der Waals surface area contributed by atoms with Gasteiger partial charge in [-0.25, -0.2) is 13.9 Å². The molecular formula is C23H25FN4O3. The number of carbonyl (C=O) groups excluding carboxylic acids is 1. The maximum atomic E-state index is 12.3. The molecule has 1 N–H and O–H groups in total. The van der Waals surface area contributed by atoms with E-state index in [2.05, 4.69) is 15.6 Å². The van der Waals surface area contributed by atoms with E-state index >= 15 is 0 Å². The van der Waals surface area contributed by atoms with Crippen molar-refractivity contribution in [1.29, 1.82) is 0 Å². The zero-order chi connectivity index (χ0) is 21.9. The van der Waals surface area contributed by atoms with E-state index in [0.717, 1.165) is 17.5 Å². The lowest BCUT2D eigenvalue weighted by molar-refractivity contribution is 0.200. The van der Waals surface area contributed by atoms with Crippen molar-refractivity contribution in [2.45, 2.75) is 26.5 Å². The predicted molar refractivity (Wildman–Crippen MR) is 116 cm³/mol. The van der Waals surface area contributed by atoms with Crippen molar-refractivity contribution in [2.75, 3.05) is 13.2 Å². The van der Waals surface area contributed by atoms with Crippen LogP contribution in [0.1, 0.15) is 30.2 Å². The lowest BCUT2D eigenvalue weighted by Gasteiger charge is -2.05. The number of alkyl halides is 1. The van der Waals surface area contributed by atoms with Crippen LogP contribution in [0.15, 0.2) is 54.7 Å². The highest BCUT2D eigenvalue weighted by molar-refractivity contribution is 5.72. The van der Waals surface area contributed by atoms with Gasteiger partial charge in [-0.15, -0.1) is 5.10 Å². The molecule has 8 heteroatoms. The number of ether oxygens (including phenoxy) is 2. The average molecular weight is 424 g/mol. The number of nitrogens with one attached hydrogen (secondary N) is 1. The fraction of sp³-hybridized carbons (Fsp3) is 0.261. The Morgan fingerprint density at radius 2 is 1.71 bits per heavy atom. The second-order valence-electron chi connectivity index (χ2n) is 6.74. The number of amides is 1. The smallest absolute Gasteiger partial charge is 0.412 e. The Bertz CT molecular complexity index is 985. The van der Waals surface area contributed by atoms with Crippen LogP contribution in [0.2, 0.25) is 0 Å². The summed E-state index contributed by atoms with van der Waals surface area (Å²) in [5.74, 6) is 1.21. The van der Waals surface area contributed by atoms with Crippen molar-refractivity contribution in [3.63, 3.8) is 0 Å². The SMILES string of the molecule is CCCNC(=O)Oc1ccc(/C=C/c2ccc(OCc3cn(CCF)nn3)cc2)cc1. The van der Waals surface area contributed by atoms with E-state index in [0.29, 0.717) is 23.7 Å². The standard InChI is InChI=1S/C23H25FN4O3/c1-2-14-25-23(29)31-22-11-7-19(8-12-22)4-3-18-5-9-21(10-6-18)30-17-20-16-28(15-13-24)27-26-20/h3-12,16H,2,13-15,17H2,1H3,(H,25,29)/b4-3+. The molecule has 7 nitrogen and oxygen atoms in total. The summed E-state index contributed by atoms with van der Waals surface area (Å²) < 4.78 is 24.6. The molecule has 0 fully saturated rings. The third-order valence-electron chi connectivity index (χ3n) is 4.24. The maximum Gasteiger partial charge on any atom is 0.412 e. The second kappa shape index (κ2) is 11.5. The summed E-state index contributed by atoms with van der Waals surface area (Å²) in [7, 11) is 0. The molecule has 3 aromatic rings. The highest BCUT2D eigenvalue weighted by Gasteiger charge is 2.03. The molecular weight excluding hydrogens is 399 g/mol. The van der Waals surface area contributed by atoms with Gasteiger partial charge in [-0.1, -0.05) is 48.6 Å². The van der Waals surface area contributed by atoms with Gasteiger partial charge in [0.15, 0.2) is 0 Å². The molecule has 0 aliphatic heterocycles. The molecule has 0 saturated carbocycles. The van der Waals surface area contributed by atoms with Gasteiger partial charge in [0.05, 0.1) is 12.7 Å². The Morgan fingerprint density at radius 3 is 2.32 bits per heavy atom. The number of carbonyl (C=O) groups is 1. The van der Waals surface area contributed by atoms with Crippen LogP contribution in [-0.2, 0) is 13.2 Å². The van der Waals surface area contributed by atoms with E-state index in [1.165, 1.54) is 4.68 Å². The first kappa shape index (κ1) is 22.0. The van der Waals surface area contributed by atoms with Crippen molar-refractivity contribution >= 4 is 18.2 Å². The van der Waals surface area contributed by atoms with Crippen molar-refractivity contribution in [3.05, 3.63) is 71.5 Å². The molecule has 31 heavy (non-hydrogen) atoms. The van der Waals surface area contributed by atoms with Gasteiger partial charge in [-0.3, -0.25) is 0 Å². The minimum Gasteiger partial charge on any atom is -0.487 e. The first-order valence-corrected chi connectivity index (χ1v) is 10.1. The van der Waals surface area contributed by atoms with Crippen LogP contribution in [0.4, 0.5) is 9.18 Å². The second-order valence-corrected chi connectivity index (χ2v) is 6.74. The van der Waals surface area contributed by atoms with Gasteiger partial charge >= 0.3 is 6.09 Å². The molecule has 0 radical (unpaired) electrons. The number of benzene rings is 2. The maximum absolute atomic E-state index is 12.3. The summed E-state index contributed by atoms with van der Waals surface area (Å²) in [6, 6.07) is 14.9. The molecule has 0 atom stereocenters. The summed E-state index contributed by atoms with van der Waals surface area (Å²) in [4.78, 5) is 11.6. The molecule has 162 valence electrons. The molecule has 0 unspecified atom stereocenters. The minimum absolute atomic E-state index is 0.193. The van der Waals surface area contributed by atoms with Crippen molar-refractivity contribution in [1.82, 2.24) is 20.3 Å². The summed E-state index contributed by atoms with van der Waals surface area (Å²) >= 11 is 0. The third-order valence-corrected chi connectivity index (χ3v) is 4.24. The topological polar surface area (TPSA) is 78.3 Å². The number of aryl methyl sites for hydroxylation is 1. The Kier molecular flexibility index (Phi) is 8.16. The Balaban J connectivity index is 1.49. The molecule has 1 amide bonds. The lowest BCUT2D eigenvalue weighted by atomic mass is 10.1. The van der Waals surface area contributed by atoms with Crippen LogP contribution in [0, 0.1) is 0 Å². The van der Waals surface area contributed by atoms with Gasteiger partial charge < -0.3 is 14.8 Å². The van der Waals surface area contributed by atoms with E-state index in [9.17, 15) is 9.18 Å². The zero-order valence-corrected chi connectivity index (χ0v) is 17.3. The van der Waals surface area contributed by atoms with Crippen LogP contribution in [0.5, 0.6) is 11.5 Å². The Hall–Kier alpha value is -3.68. The van der Waals surface area contributed by atoms with Gasteiger partial charge in [0.2, 0.25) is 0 Å². The van der Waals surface area contributed by atoms with Gasteiger partial charge in [-0.05, 0) is 41.8 Å². The van der Waals surface area contributed by atoms with Crippen LogP contribution < -0.4 is 14.8 Å². The number of aromatic nitrogens is 3. The van der Waals surface area contributed by atoms with E-state index in [1.54, 1.807) is 18.3 Å². The van der Waals surface area contributed by atoms with E-state index in [4.69, 9.17) is 9.47 Å². The van der Waals surface area contributed by atoms with Gasteiger partial charge in [0.1, 0.15) is 30.5 Å². The number of hydrogen-bond acceptors (Lipinski definition) is 5. The molecule has 3 rings (SSSR count). The van der Waals surface area contributed by atoms with Gasteiger partial charge in [-0.2, -0.15) is 0 Å². The number of rotatable bonds is 10. The molecule has 0 bridgehead atoms. The van der Waals surface area contributed by atoms with Crippen LogP contribution in [-0.4, -0.2) is 34.3 Å². The quantitative estimate of drug-likeness (QED) is 0.485. The minimum atomic E-state index is -0.479. The molecule has 1 aromatic heterocycles. The van der Waals surface area contributed by atoms with E-state index in [-0.39, 0.29) is 13.2 Å². The first-order chi connectivity index (χ1) is 15.2. The third kappa shape index (κ3) is 7.26. The molecule has 0 aliphatic rings. The van der Waals surface area contributed by atoms with Crippen molar-refractivity contribution < 1.29 is 18.7 Å². The van der Waals surface area contributed by atoms with Crippen LogP contribution in [0.3, 0.4) is 0 Å². The molecule has 2 aromatic carbocycles. The normalized spacial score (nSPS) is 10.9. The monoisotopic (exact) mass is 424 g/mol. The summed E-state index contributed by atoms with van der Waals surface area (Å²) in [6.07, 6.45) is 6.04. The predicted octanol–water partition coefficient (Wildman–Crippen LogP) is 4.50. The highest BCUT2D eigenvalue weighted by atomic mass is 19.1. The number of hydrogen-bond donors (Lipinski definition) is 1. The lowest BCUT2D eigenvalue weighted by Crippen LogP contribution is -2.27. The van der Waals surface area contributed by atoms with E-state index < -0.39 is 12.8 Å². The fourth-order valence-electron chi connectivity index (χ4n) is 2.64. The van der Waals surface area contributed by atoms with Gasteiger partial charge in [0, 0.05) is 6.54 Å². The van der Waals surface area contributed by atoms with Crippen molar-refractivity contribution in [2.24, 2.45) is 0 Å². The van der Waals surface area contributed by atoms with Gasteiger partial charge in [0.25, 0.3) is 0 Å². The van der Waals surface area contributed by atoms with E-state index in [1.807, 2.05) is 55.5 Å². The zero-order valence-electron chi connectivity index (χ0n) is 17.3. The molecule has 0 aliphatic carbocycles. The summed E-state index contributed by atoms with van der Waals surface area (Å²) in [5, 5.41) is 10.4. The fourth-order valence-corrected chi connectivity index (χ4v) is 2.64. The molecule has 1 heterocycles. The number of halogens is 1. The Morgan fingerprint density at radius 1 is 1.06 bits per heavy atom. The van der Waals surface area contributed by atoms with Crippen LogP contribution in [0.25, 0.3) is 12.2 Å². The summed E-state index contributed by atoms with van der Waals surface area (Å²) in [5.41, 5.74) is 2.64. The number of nitrogens with zero attached hydrogens (tertiary/aromatic N) is 3. The van der Waals surface area contributed by atoms with Crippen LogP contribution >= 0.6 is 0 Å². The molecule has 0 spiro atoms. The summed E-state index contributed by atoms with van der Waals surface area (Å²) in [6.45, 7) is 2.55. The largest absolute Gasteiger partial charge is 0.487 e. The van der Waals surface area contributed by atoms with Crippen molar-refractivity contribution in [3.8, 4) is 11.5 Å². The highest BCUT2D eigenvalue weighted by Crippen LogP contribution is 2.17. The molecule has 0 saturated heterocycles. The first-order valence-electron chi connectivity index (χ1n) is 10.1. The average Bonchev–Trinajstić information content (AvgIpc) is 3.24. The Labute approximate surface area is 180 Å².